The van der Waals surface area contributed by atoms with E-state index < -0.39 is 24.1 Å². The highest BCUT2D eigenvalue weighted by molar-refractivity contribution is 5.79. The Hall–Kier alpha value is -3.42. The highest BCUT2D eigenvalue weighted by Crippen LogP contribution is 2.44. The van der Waals surface area contributed by atoms with Crippen molar-refractivity contribution in [2.45, 2.75) is 25.0 Å². The molecule has 6 nitrogen and oxygen atoms in total. The van der Waals surface area contributed by atoms with Gasteiger partial charge in [-0.25, -0.2) is 9.18 Å². The lowest BCUT2D eigenvalue weighted by Crippen LogP contribution is -2.36. The zero-order chi connectivity index (χ0) is 23.4. The molecule has 2 unspecified atom stereocenters. The number of alkyl carbamates (subject to hydrolysis) is 1. The summed E-state index contributed by atoms with van der Waals surface area (Å²) < 4.78 is 24.5. The third kappa shape index (κ3) is 4.99. The van der Waals surface area contributed by atoms with Gasteiger partial charge < -0.3 is 25.0 Å². The van der Waals surface area contributed by atoms with E-state index >= 15 is 0 Å². The zero-order valence-electron chi connectivity index (χ0n) is 18.2. The van der Waals surface area contributed by atoms with Crippen molar-refractivity contribution in [3.63, 3.8) is 0 Å². The van der Waals surface area contributed by atoms with Gasteiger partial charge in [-0.05, 0) is 46.9 Å². The molecule has 7 heteroatoms. The van der Waals surface area contributed by atoms with Crippen LogP contribution in [0.25, 0.3) is 11.1 Å². The van der Waals surface area contributed by atoms with E-state index in [1.165, 1.54) is 12.1 Å². The molecule has 0 aromatic heterocycles. The Bertz CT molecular complexity index is 1090. The van der Waals surface area contributed by atoms with Crippen LogP contribution in [0.15, 0.2) is 66.7 Å². The van der Waals surface area contributed by atoms with Gasteiger partial charge in [-0.3, -0.25) is 0 Å². The smallest absolute Gasteiger partial charge is 0.407 e. The normalized spacial score (nSPS) is 14.2. The number of fused-ring (bicyclic) bond motifs is 3. The van der Waals surface area contributed by atoms with Gasteiger partial charge in [0, 0.05) is 18.5 Å². The van der Waals surface area contributed by atoms with Gasteiger partial charge in [0.2, 0.25) is 0 Å². The number of rotatable bonds is 8. The van der Waals surface area contributed by atoms with E-state index in [2.05, 4.69) is 17.4 Å². The summed E-state index contributed by atoms with van der Waals surface area (Å²) in [6.07, 6.45) is -3.48. The first-order valence-electron chi connectivity index (χ1n) is 10.9. The number of aliphatic hydroxyl groups is 2. The van der Waals surface area contributed by atoms with Gasteiger partial charge in [0.25, 0.3) is 0 Å². The molecule has 3 N–H and O–H groups in total. The van der Waals surface area contributed by atoms with Crippen molar-refractivity contribution in [2.24, 2.45) is 0 Å². The molecule has 3 aromatic rings. The monoisotopic (exact) mass is 451 g/mol. The van der Waals surface area contributed by atoms with Crippen LogP contribution in [0.1, 0.15) is 35.6 Å². The second-order valence-electron chi connectivity index (χ2n) is 7.87. The van der Waals surface area contributed by atoms with Crippen LogP contribution in [0.2, 0.25) is 0 Å². The van der Waals surface area contributed by atoms with Crippen LogP contribution >= 0.6 is 0 Å². The molecular weight excluding hydrogens is 425 g/mol. The molecule has 4 rings (SSSR count). The molecule has 0 saturated heterocycles. The summed E-state index contributed by atoms with van der Waals surface area (Å²) in [5.41, 5.74) is 4.60. The summed E-state index contributed by atoms with van der Waals surface area (Å²) in [5.74, 6) is -0.419. The molecule has 0 radical (unpaired) electrons. The number of hydrogen-bond acceptors (Lipinski definition) is 5. The second kappa shape index (κ2) is 10.0. The Kier molecular flexibility index (Phi) is 6.91. The number of amides is 1. The lowest BCUT2D eigenvalue weighted by molar-refractivity contribution is 0.0182. The molecule has 1 aliphatic carbocycles. The van der Waals surface area contributed by atoms with Gasteiger partial charge in [0.05, 0.1) is 6.61 Å². The average Bonchev–Trinajstić information content (AvgIpc) is 3.14. The minimum atomic E-state index is -1.41. The molecule has 172 valence electrons. The molecule has 0 fully saturated rings. The summed E-state index contributed by atoms with van der Waals surface area (Å²) in [7, 11) is 0. The quantitative estimate of drug-likeness (QED) is 0.479. The van der Waals surface area contributed by atoms with Crippen LogP contribution in [0.4, 0.5) is 9.18 Å². The fraction of sp³-hybridized carbons (Fsp3) is 0.269. The number of halogens is 1. The van der Waals surface area contributed by atoms with E-state index in [1.54, 1.807) is 6.92 Å². The fourth-order valence-electron chi connectivity index (χ4n) is 4.18. The summed E-state index contributed by atoms with van der Waals surface area (Å²) in [4.78, 5) is 12.3. The summed E-state index contributed by atoms with van der Waals surface area (Å²) in [5, 5.41) is 23.1. The van der Waals surface area contributed by atoms with E-state index in [0.717, 1.165) is 28.3 Å². The molecular formula is C26H26FNO5. The lowest BCUT2D eigenvalue weighted by atomic mass is 9.98. The summed E-state index contributed by atoms with van der Waals surface area (Å²) in [6.45, 7) is 1.97. The van der Waals surface area contributed by atoms with Gasteiger partial charge in [0.1, 0.15) is 30.4 Å². The van der Waals surface area contributed by atoms with Crippen molar-refractivity contribution in [2.75, 3.05) is 19.8 Å². The Labute approximate surface area is 191 Å². The predicted molar refractivity (Wildman–Crippen MR) is 122 cm³/mol. The molecule has 1 aliphatic rings. The first-order valence-corrected chi connectivity index (χ1v) is 10.9. The Morgan fingerprint density at radius 3 is 2.30 bits per heavy atom. The number of hydrogen-bond donors (Lipinski definition) is 3. The summed E-state index contributed by atoms with van der Waals surface area (Å²) in [6, 6.07) is 19.8. The molecule has 3 aromatic carbocycles. The predicted octanol–water partition coefficient (Wildman–Crippen LogP) is 4.16. The third-order valence-corrected chi connectivity index (χ3v) is 5.71. The molecule has 0 spiro atoms. The highest BCUT2D eigenvalue weighted by atomic mass is 19.1. The molecule has 0 aliphatic heterocycles. The maximum atomic E-state index is 13.8. The Balaban J connectivity index is 1.34. The second-order valence-corrected chi connectivity index (χ2v) is 7.87. The van der Waals surface area contributed by atoms with Gasteiger partial charge in [-0.15, -0.1) is 0 Å². The molecule has 33 heavy (non-hydrogen) atoms. The van der Waals surface area contributed by atoms with Crippen LogP contribution in [0.3, 0.4) is 0 Å². The van der Waals surface area contributed by atoms with Crippen LogP contribution in [0.5, 0.6) is 5.75 Å². The van der Waals surface area contributed by atoms with E-state index in [4.69, 9.17) is 9.47 Å². The number of carbonyl (C=O) groups excluding carboxylic acids is 1. The van der Waals surface area contributed by atoms with Crippen molar-refractivity contribution in [3.05, 3.63) is 89.2 Å². The molecule has 1 amide bonds. The van der Waals surface area contributed by atoms with Crippen molar-refractivity contribution < 1.29 is 28.9 Å². The topological polar surface area (TPSA) is 88.0 Å². The SMILES string of the molecule is CCOc1cc(F)cc(C(O)C(O)CNC(=O)OCC2c3ccccc3-c3ccccc32)c1. The van der Waals surface area contributed by atoms with Crippen LogP contribution in [0, 0.1) is 5.82 Å². The number of ether oxygens (including phenoxy) is 2. The van der Waals surface area contributed by atoms with Crippen LogP contribution in [-0.2, 0) is 4.74 Å². The van der Waals surface area contributed by atoms with Crippen molar-refractivity contribution in [1.82, 2.24) is 5.32 Å². The summed E-state index contributed by atoms with van der Waals surface area (Å²) >= 11 is 0. The number of nitrogens with one attached hydrogen (secondary N) is 1. The van der Waals surface area contributed by atoms with Gasteiger partial charge in [-0.1, -0.05) is 48.5 Å². The Morgan fingerprint density at radius 1 is 1.03 bits per heavy atom. The van der Waals surface area contributed by atoms with E-state index in [0.29, 0.717) is 6.61 Å². The average molecular weight is 451 g/mol. The van der Waals surface area contributed by atoms with Crippen LogP contribution < -0.4 is 10.1 Å². The van der Waals surface area contributed by atoms with Gasteiger partial charge in [0.15, 0.2) is 0 Å². The molecule has 0 heterocycles. The standard InChI is InChI=1S/C26H26FNO5/c1-2-32-18-12-16(11-17(27)13-18)25(30)24(29)14-28-26(31)33-15-23-21-9-5-3-7-19(21)20-8-4-6-10-22(20)23/h3-13,23-25,29-30H,2,14-15H2,1H3,(H,28,31). The van der Waals surface area contributed by atoms with Crippen molar-refractivity contribution >= 4 is 6.09 Å². The number of benzene rings is 3. The number of aliphatic hydroxyl groups excluding tert-OH is 2. The largest absolute Gasteiger partial charge is 0.494 e. The van der Waals surface area contributed by atoms with E-state index in [-0.39, 0.29) is 30.4 Å². The molecule has 0 saturated carbocycles. The van der Waals surface area contributed by atoms with Gasteiger partial charge >= 0.3 is 6.09 Å². The number of carbonyl (C=O) groups is 1. The van der Waals surface area contributed by atoms with E-state index in [1.807, 2.05) is 36.4 Å². The first-order chi connectivity index (χ1) is 16.0. The molecule has 2 atom stereocenters. The highest BCUT2D eigenvalue weighted by Gasteiger charge is 2.29. The maximum Gasteiger partial charge on any atom is 0.407 e. The maximum absolute atomic E-state index is 13.8. The minimum absolute atomic E-state index is 0.0806. The molecule has 0 bridgehead atoms. The van der Waals surface area contributed by atoms with Gasteiger partial charge in [-0.2, -0.15) is 0 Å². The zero-order valence-corrected chi connectivity index (χ0v) is 18.2. The van der Waals surface area contributed by atoms with E-state index in [9.17, 15) is 19.4 Å². The third-order valence-electron chi connectivity index (χ3n) is 5.71. The first kappa shape index (κ1) is 22.8. The minimum Gasteiger partial charge on any atom is -0.494 e. The van der Waals surface area contributed by atoms with Crippen molar-refractivity contribution in [1.29, 1.82) is 0 Å². The Morgan fingerprint density at radius 2 is 1.67 bits per heavy atom. The van der Waals surface area contributed by atoms with Crippen LogP contribution in [-0.4, -0.2) is 42.2 Å². The lowest BCUT2D eigenvalue weighted by Gasteiger charge is -2.20. The van der Waals surface area contributed by atoms with Crippen molar-refractivity contribution in [3.8, 4) is 16.9 Å². The fourth-order valence-corrected chi connectivity index (χ4v) is 4.18.